The molecule has 3 N–H and O–H groups in total. The van der Waals surface area contributed by atoms with Crippen molar-refractivity contribution in [3.05, 3.63) is 52.8 Å². The van der Waals surface area contributed by atoms with Gasteiger partial charge < -0.3 is 0 Å². The van der Waals surface area contributed by atoms with E-state index in [1.54, 1.807) is 0 Å². The average Bonchev–Trinajstić information content (AvgIpc) is 2.86. The van der Waals surface area contributed by atoms with Crippen LogP contribution in [0.1, 0.15) is 42.4 Å². The van der Waals surface area contributed by atoms with E-state index >= 15 is 0 Å². The van der Waals surface area contributed by atoms with Crippen molar-refractivity contribution in [1.29, 1.82) is 0 Å². The third-order valence-electron chi connectivity index (χ3n) is 3.76. The van der Waals surface area contributed by atoms with Crippen LogP contribution < -0.4 is 11.3 Å². The summed E-state index contributed by atoms with van der Waals surface area (Å²) in [7, 11) is 1.97. The lowest BCUT2D eigenvalue weighted by Gasteiger charge is -2.16. The largest absolute Gasteiger partial charge is 0.271 e. The van der Waals surface area contributed by atoms with Crippen molar-refractivity contribution < 1.29 is 0 Å². The molecule has 0 saturated carbocycles. The summed E-state index contributed by atoms with van der Waals surface area (Å²) in [5.41, 5.74) is 7.79. The first-order chi connectivity index (χ1) is 9.67. The van der Waals surface area contributed by atoms with Crippen molar-refractivity contribution in [2.45, 2.75) is 39.2 Å². The molecule has 4 heteroatoms. The third-order valence-corrected chi connectivity index (χ3v) is 3.76. The average molecular weight is 272 g/mol. The number of nitrogens with zero attached hydrogens (tertiary/aromatic N) is 2. The maximum Gasteiger partial charge on any atom is 0.0669 e. The molecule has 1 unspecified atom stereocenters. The Balaban J connectivity index is 2.16. The number of benzene rings is 1. The van der Waals surface area contributed by atoms with Gasteiger partial charge in [-0.25, -0.2) is 0 Å². The first kappa shape index (κ1) is 14.8. The van der Waals surface area contributed by atoms with Gasteiger partial charge in [0, 0.05) is 7.05 Å². The lowest BCUT2D eigenvalue weighted by atomic mass is 10.0. The maximum atomic E-state index is 5.74. The molecular formula is C16H24N4. The first-order valence-corrected chi connectivity index (χ1v) is 7.24. The van der Waals surface area contributed by atoms with Crippen LogP contribution in [0.4, 0.5) is 0 Å². The number of nitrogens with two attached hydrogens (primary N) is 1. The molecule has 0 radical (unpaired) electrons. The molecule has 1 aromatic heterocycles. The molecule has 0 aliphatic rings. The zero-order valence-corrected chi connectivity index (χ0v) is 12.6. The van der Waals surface area contributed by atoms with Crippen LogP contribution >= 0.6 is 0 Å². The van der Waals surface area contributed by atoms with Crippen molar-refractivity contribution in [2.24, 2.45) is 12.9 Å². The quantitative estimate of drug-likeness (QED) is 0.626. The third kappa shape index (κ3) is 3.26. The van der Waals surface area contributed by atoms with Gasteiger partial charge in [-0.15, -0.1) is 0 Å². The Bertz CT molecular complexity index is 542. The molecule has 0 saturated heterocycles. The van der Waals surface area contributed by atoms with Crippen molar-refractivity contribution in [3.8, 4) is 0 Å². The minimum absolute atomic E-state index is 0.0836. The van der Waals surface area contributed by atoms with Crippen LogP contribution in [-0.4, -0.2) is 9.78 Å². The summed E-state index contributed by atoms with van der Waals surface area (Å²) in [6.45, 7) is 4.28. The lowest BCUT2D eigenvalue weighted by molar-refractivity contribution is 0.508. The van der Waals surface area contributed by atoms with Gasteiger partial charge in [0.2, 0.25) is 0 Å². The monoisotopic (exact) mass is 272 g/mol. The summed E-state index contributed by atoms with van der Waals surface area (Å²) in [6.07, 6.45) is 2.87. The summed E-state index contributed by atoms with van der Waals surface area (Å²) >= 11 is 0. The molecule has 0 bridgehead atoms. The van der Waals surface area contributed by atoms with Crippen LogP contribution in [-0.2, 0) is 26.3 Å². The molecule has 108 valence electrons. The highest BCUT2D eigenvalue weighted by Gasteiger charge is 2.15. The standard InChI is InChI=1S/C16H24N4/c1-4-12-6-8-13(9-7-12)10-15(18-17)16-11-14(5-2)19-20(16)3/h6-9,11,15,18H,4-5,10,17H2,1-3H3. The SMILES string of the molecule is CCc1ccc(CC(NN)c2cc(CC)nn2C)cc1. The number of hydrazine groups is 1. The molecule has 20 heavy (non-hydrogen) atoms. The predicted molar refractivity (Wildman–Crippen MR) is 82.2 cm³/mol. The zero-order valence-electron chi connectivity index (χ0n) is 12.6. The van der Waals surface area contributed by atoms with Gasteiger partial charge in [0.05, 0.1) is 17.4 Å². The van der Waals surface area contributed by atoms with E-state index in [4.69, 9.17) is 5.84 Å². The fourth-order valence-electron chi connectivity index (χ4n) is 2.44. The van der Waals surface area contributed by atoms with Crippen LogP contribution in [0.3, 0.4) is 0 Å². The fourth-order valence-corrected chi connectivity index (χ4v) is 2.44. The fraction of sp³-hybridized carbons (Fsp3) is 0.438. The summed E-state index contributed by atoms with van der Waals surface area (Å²) < 4.78 is 1.92. The van der Waals surface area contributed by atoms with Crippen LogP contribution in [0.2, 0.25) is 0 Å². The Labute approximate surface area is 121 Å². The number of aryl methyl sites for hydroxylation is 3. The normalized spacial score (nSPS) is 12.6. The van der Waals surface area contributed by atoms with E-state index < -0.39 is 0 Å². The van der Waals surface area contributed by atoms with Gasteiger partial charge in [-0.3, -0.25) is 16.0 Å². The van der Waals surface area contributed by atoms with E-state index in [-0.39, 0.29) is 6.04 Å². The van der Waals surface area contributed by atoms with Gasteiger partial charge in [-0.05, 0) is 36.5 Å². The highest BCUT2D eigenvalue weighted by molar-refractivity contribution is 5.25. The van der Waals surface area contributed by atoms with Gasteiger partial charge in [0.25, 0.3) is 0 Å². The van der Waals surface area contributed by atoms with E-state index in [0.717, 1.165) is 30.7 Å². The molecule has 0 aliphatic carbocycles. The molecule has 4 nitrogen and oxygen atoms in total. The number of nitrogens with one attached hydrogen (secondary N) is 1. The molecule has 2 aromatic rings. The second-order valence-corrected chi connectivity index (χ2v) is 5.13. The maximum absolute atomic E-state index is 5.74. The molecule has 2 rings (SSSR count). The predicted octanol–water partition coefficient (Wildman–Crippen LogP) is 2.29. The second-order valence-electron chi connectivity index (χ2n) is 5.13. The van der Waals surface area contributed by atoms with Gasteiger partial charge in [0.15, 0.2) is 0 Å². The van der Waals surface area contributed by atoms with Crippen LogP contribution in [0, 0.1) is 0 Å². The highest BCUT2D eigenvalue weighted by Crippen LogP contribution is 2.19. The molecule has 0 spiro atoms. The van der Waals surface area contributed by atoms with E-state index in [0.29, 0.717) is 0 Å². The Morgan fingerprint density at radius 2 is 1.80 bits per heavy atom. The smallest absolute Gasteiger partial charge is 0.0669 e. The van der Waals surface area contributed by atoms with Crippen molar-refractivity contribution in [2.75, 3.05) is 0 Å². The lowest BCUT2D eigenvalue weighted by Crippen LogP contribution is -2.31. The van der Waals surface area contributed by atoms with Gasteiger partial charge in [-0.1, -0.05) is 38.1 Å². The molecule has 0 amide bonds. The van der Waals surface area contributed by atoms with Crippen molar-refractivity contribution in [3.63, 3.8) is 0 Å². The van der Waals surface area contributed by atoms with Gasteiger partial charge >= 0.3 is 0 Å². The zero-order chi connectivity index (χ0) is 14.5. The molecule has 0 fully saturated rings. The minimum Gasteiger partial charge on any atom is -0.271 e. The van der Waals surface area contributed by atoms with Crippen molar-refractivity contribution >= 4 is 0 Å². The van der Waals surface area contributed by atoms with E-state index in [2.05, 4.69) is 54.7 Å². The van der Waals surface area contributed by atoms with Crippen molar-refractivity contribution in [1.82, 2.24) is 15.2 Å². The Morgan fingerprint density at radius 1 is 1.15 bits per heavy atom. The first-order valence-electron chi connectivity index (χ1n) is 7.24. The van der Waals surface area contributed by atoms with Gasteiger partial charge in [-0.2, -0.15) is 5.10 Å². The highest BCUT2D eigenvalue weighted by atomic mass is 15.3. The number of hydrogen-bond donors (Lipinski definition) is 2. The second kappa shape index (κ2) is 6.68. The topological polar surface area (TPSA) is 55.9 Å². The minimum atomic E-state index is 0.0836. The summed E-state index contributed by atoms with van der Waals surface area (Å²) in [6, 6.07) is 10.9. The van der Waals surface area contributed by atoms with E-state index in [1.165, 1.54) is 11.1 Å². The van der Waals surface area contributed by atoms with Crippen LogP contribution in [0.25, 0.3) is 0 Å². The molecule has 1 aromatic carbocycles. The van der Waals surface area contributed by atoms with E-state index in [1.807, 2.05) is 11.7 Å². The molecule has 1 heterocycles. The number of rotatable bonds is 6. The van der Waals surface area contributed by atoms with E-state index in [9.17, 15) is 0 Å². The summed E-state index contributed by atoms with van der Waals surface area (Å²) in [5.74, 6) is 5.74. The summed E-state index contributed by atoms with van der Waals surface area (Å²) in [5, 5.41) is 4.49. The molecular weight excluding hydrogens is 248 g/mol. The summed E-state index contributed by atoms with van der Waals surface area (Å²) in [4.78, 5) is 0. The Morgan fingerprint density at radius 3 is 2.30 bits per heavy atom. The number of hydrogen-bond acceptors (Lipinski definition) is 3. The van der Waals surface area contributed by atoms with Gasteiger partial charge in [0.1, 0.15) is 0 Å². The molecule has 1 atom stereocenters. The number of aromatic nitrogens is 2. The molecule has 0 aliphatic heterocycles. The van der Waals surface area contributed by atoms with Crippen LogP contribution in [0.15, 0.2) is 30.3 Å². The Kier molecular flexibility index (Phi) is 4.93. The van der Waals surface area contributed by atoms with Crippen LogP contribution in [0.5, 0.6) is 0 Å². The Hall–Kier alpha value is -1.65.